The number of nitrogens with zero attached hydrogens (tertiary/aromatic N) is 1. The van der Waals surface area contributed by atoms with E-state index in [-0.39, 0.29) is 17.1 Å². The molecule has 0 bridgehead atoms. The summed E-state index contributed by atoms with van der Waals surface area (Å²) in [6, 6.07) is 1.03. The van der Waals surface area contributed by atoms with Gasteiger partial charge in [-0.05, 0) is 28.9 Å². The minimum atomic E-state index is -0.785. The van der Waals surface area contributed by atoms with Crippen LogP contribution in [0, 0.1) is 15.5 Å². The second kappa shape index (κ2) is 11.4. The van der Waals surface area contributed by atoms with Crippen molar-refractivity contribution in [3.63, 3.8) is 0 Å². The maximum absolute atomic E-state index is 11.2. The maximum atomic E-state index is 11.2. The van der Waals surface area contributed by atoms with Crippen molar-refractivity contribution in [3.05, 3.63) is 32.5 Å². The van der Waals surface area contributed by atoms with Gasteiger partial charge in [0, 0.05) is 33.1 Å². The molecule has 0 aliphatic carbocycles. The van der Waals surface area contributed by atoms with Crippen molar-refractivity contribution in [1.82, 2.24) is 4.98 Å². The van der Waals surface area contributed by atoms with Crippen LogP contribution in [0.4, 0.5) is 0 Å². The molecule has 0 radical (unpaired) electrons. The SMILES string of the molecule is CC.CC.CC(=O)CC(C)(C)C(Cc1cc(Br)c[nH]1)[N+](=O)[O-]. The molecule has 0 saturated heterocycles. The smallest absolute Gasteiger partial charge is 0.223 e. The standard InChI is InChI=1S/C12H17BrN2O3.2C2H6/c1-8(16)6-12(2,3)11(15(17)18)5-10-4-9(13)7-14-10;2*1-2/h4,7,11,14H,5-6H2,1-3H3;2*1-2H3. The van der Waals surface area contributed by atoms with Crippen LogP contribution in [0.15, 0.2) is 16.7 Å². The van der Waals surface area contributed by atoms with E-state index in [1.54, 1.807) is 20.0 Å². The van der Waals surface area contributed by atoms with Crippen LogP contribution in [0.2, 0.25) is 0 Å². The van der Waals surface area contributed by atoms with Crippen LogP contribution in [0.1, 0.15) is 60.6 Å². The zero-order chi connectivity index (χ0) is 17.9. The molecule has 6 heteroatoms. The highest BCUT2D eigenvalue weighted by molar-refractivity contribution is 9.10. The van der Waals surface area contributed by atoms with Crippen LogP contribution in [0.3, 0.4) is 0 Å². The monoisotopic (exact) mass is 376 g/mol. The van der Waals surface area contributed by atoms with E-state index in [9.17, 15) is 14.9 Å². The Morgan fingerprint density at radius 3 is 2.18 bits per heavy atom. The lowest BCUT2D eigenvalue weighted by molar-refractivity contribution is -0.540. The summed E-state index contributed by atoms with van der Waals surface area (Å²) >= 11 is 3.29. The number of carbonyl (C=O) groups excluding carboxylic acids is 1. The van der Waals surface area contributed by atoms with Crippen molar-refractivity contribution < 1.29 is 9.72 Å². The van der Waals surface area contributed by atoms with Gasteiger partial charge in [-0.15, -0.1) is 0 Å². The minimum Gasteiger partial charge on any atom is -0.364 e. The predicted octanol–water partition coefficient (Wildman–Crippen LogP) is 5.02. The Morgan fingerprint density at radius 2 is 1.86 bits per heavy atom. The average Bonchev–Trinajstić information content (AvgIpc) is 2.84. The fourth-order valence-electron chi connectivity index (χ4n) is 2.13. The minimum absolute atomic E-state index is 0.0282. The molecule has 1 rings (SSSR count). The Labute approximate surface area is 142 Å². The number of Topliss-reactive ketones (excluding diaryl/α,β-unsaturated/α-hetero) is 1. The second-order valence-electron chi connectivity index (χ2n) is 5.22. The summed E-state index contributed by atoms with van der Waals surface area (Å²) in [5.74, 6) is -0.0282. The third kappa shape index (κ3) is 8.32. The summed E-state index contributed by atoms with van der Waals surface area (Å²) in [6.07, 6.45) is 2.24. The molecule has 22 heavy (non-hydrogen) atoms. The highest BCUT2D eigenvalue weighted by Gasteiger charge is 2.40. The molecule has 128 valence electrons. The first kappa shape index (κ1) is 23.1. The molecule has 5 nitrogen and oxygen atoms in total. The number of aromatic nitrogens is 1. The fourth-order valence-corrected chi connectivity index (χ4v) is 2.52. The lowest BCUT2D eigenvalue weighted by Gasteiger charge is -2.26. The van der Waals surface area contributed by atoms with Gasteiger partial charge in [-0.3, -0.25) is 10.1 Å². The van der Waals surface area contributed by atoms with Crippen LogP contribution >= 0.6 is 15.9 Å². The van der Waals surface area contributed by atoms with E-state index in [0.29, 0.717) is 6.42 Å². The highest BCUT2D eigenvalue weighted by Crippen LogP contribution is 2.30. The van der Waals surface area contributed by atoms with Gasteiger partial charge in [-0.1, -0.05) is 41.5 Å². The van der Waals surface area contributed by atoms with E-state index in [1.165, 1.54) is 6.92 Å². The van der Waals surface area contributed by atoms with Crippen molar-refractivity contribution in [2.75, 3.05) is 0 Å². The van der Waals surface area contributed by atoms with Gasteiger partial charge in [0.1, 0.15) is 5.78 Å². The maximum Gasteiger partial charge on any atom is 0.223 e. The van der Waals surface area contributed by atoms with Crippen LogP contribution in [-0.2, 0) is 11.2 Å². The van der Waals surface area contributed by atoms with Crippen LogP contribution in [-0.4, -0.2) is 21.7 Å². The van der Waals surface area contributed by atoms with Crippen LogP contribution < -0.4 is 0 Å². The number of hydrogen-bond donors (Lipinski definition) is 1. The fraction of sp³-hybridized carbons (Fsp3) is 0.688. The summed E-state index contributed by atoms with van der Waals surface area (Å²) < 4.78 is 0.865. The van der Waals surface area contributed by atoms with E-state index in [4.69, 9.17) is 0 Å². The van der Waals surface area contributed by atoms with Gasteiger partial charge in [0.15, 0.2) is 0 Å². The number of carbonyl (C=O) groups is 1. The molecule has 0 aliphatic rings. The van der Waals surface area contributed by atoms with Crippen molar-refractivity contribution >= 4 is 21.7 Å². The van der Waals surface area contributed by atoms with Gasteiger partial charge in [-0.25, -0.2) is 0 Å². The number of aromatic amines is 1. The number of nitrogens with one attached hydrogen (secondary N) is 1. The first-order chi connectivity index (χ1) is 10.2. The van der Waals surface area contributed by atoms with Crippen LogP contribution in [0.25, 0.3) is 0 Å². The number of rotatable bonds is 6. The molecular formula is C16H29BrN2O3. The summed E-state index contributed by atoms with van der Waals surface area (Å²) in [4.78, 5) is 25.1. The molecule has 1 aromatic rings. The molecule has 0 aliphatic heterocycles. The summed E-state index contributed by atoms with van der Waals surface area (Å²) in [5.41, 5.74) is 0.132. The van der Waals surface area contributed by atoms with Gasteiger partial charge in [0.25, 0.3) is 0 Å². The van der Waals surface area contributed by atoms with E-state index >= 15 is 0 Å². The normalized spacial score (nSPS) is 11.5. The largest absolute Gasteiger partial charge is 0.364 e. The van der Waals surface area contributed by atoms with E-state index < -0.39 is 11.5 Å². The molecule has 0 saturated carbocycles. The zero-order valence-corrected chi connectivity index (χ0v) is 16.3. The molecule has 1 aromatic heterocycles. The number of H-pyrrole nitrogens is 1. The summed E-state index contributed by atoms with van der Waals surface area (Å²) in [7, 11) is 0. The van der Waals surface area contributed by atoms with E-state index in [0.717, 1.165) is 10.2 Å². The molecule has 1 N–H and O–H groups in total. The first-order valence-corrected chi connectivity index (χ1v) is 8.47. The Hall–Kier alpha value is -1.17. The molecule has 0 aromatic carbocycles. The number of hydrogen-bond acceptors (Lipinski definition) is 3. The van der Waals surface area contributed by atoms with Crippen molar-refractivity contribution in [2.45, 2.75) is 67.3 Å². The Kier molecular flexibility index (Phi) is 12.0. The van der Waals surface area contributed by atoms with Gasteiger partial charge in [-0.2, -0.15) is 0 Å². The zero-order valence-electron chi connectivity index (χ0n) is 14.7. The van der Waals surface area contributed by atoms with Gasteiger partial charge in [0.05, 0.1) is 6.42 Å². The van der Waals surface area contributed by atoms with Gasteiger partial charge in [0.2, 0.25) is 6.04 Å². The quantitative estimate of drug-likeness (QED) is 0.558. The van der Waals surface area contributed by atoms with Gasteiger partial charge >= 0.3 is 0 Å². The lowest BCUT2D eigenvalue weighted by Crippen LogP contribution is -2.39. The average molecular weight is 377 g/mol. The van der Waals surface area contributed by atoms with E-state index in [2.05, 4.69) is 20.9 Å². The van der Waals surface area contributed by atoms with Gasteiger partial charge < -0.3 is 9.78 Å². The molecule has 1 atom stereocenters. The van der Waals surface area contributed by atoms with E-state index in [1.807, 2.05) is 33.8 Å². The molecule has 0 amide bonds. The molecular weight excluding hydrogens is 348 g/mol. The number of halogens is 1. The number of ketones is 1. The van der Waals surface area contributed by atoms with Crippen molar-refractivity contribution in [1.29, 1.82) is 0 Å². The predicted molar refractivity (Wildman–Crippen MR) is 94.8 cm³/mol. The molecule has 0 fully saturated rings. The Bertz CT molecular complexity index is 456. The number of nitro groups is 1. The highest BCUT2D eigenvalue weighted by atomic mass is 79.9. The van der Waals surface area contributed by atoms with Crippen molar-refractivity contribution in [2.24, 2.45) is 5.41 Å². The molecule has 1 unspecified atom stereocenters. The Morgan fingerprint density at radius 1 is 1.36 bits per heavy atom. The topological polar surface area (TPSA) is 76.0 Å². The third-order valence-corrected chi connectivity index (χ3v) is 3.44. The van der Waals surface area contributed by atoms with Crippen LogP contribution in [0.5, 0.6) is 0 Å². The summed E-state index contributed by atoms with van der Waals surface area (Å²) in [6.45, 7) is 13.0. The first-order valence-electron chi connectivity index (χ1n) is 7.68. The molecule has 0 spiro atoms. The molecule has 1 heterocycles. The summed E-state index contributed by atoms with van der Waals surface area (Å²) in [5, 5.41) is 11.2. The van der Waals surface area contributed by atoms with Crippen molar-refractivity contribution in [3.8, 4) is 0 Å². The second-order valence-corrected chi connectivity index (χ2v) is 6.13. The Balaban J connectivity index is 0. The lowest BCUT2D eigenvalue weighted by atomic mass is 9.78. The third-order valence-electron chi connectivity index (χ3n) is 2.98.